The number of benzene rings is 1. The number of non-ortho nitro benzene ring substituents is 1. The number of carboxylic acids is 1. The number of nitro groups is 1. The first-order valence-corrected chi connectivity index (χ1v) is 5.75. The molecule has 1 aromatic heterocycles. The SMILES string of the molecule is O=C(O)c1cccn(Cc2cc(F)cc([N+](=O)[O-])c2)c1=O. The van der Waals surface area contributed by atoms with Crippen molar-refractivity contribution in [3.05, 3.63) is 73.9 Å². The summed E-state index contributed by atoms with van der Waals surface area (Å²) >= 11 is 0. The number of rotatable bonds is 4. The molecule has 2 rings (SSSR count). The molecule has 0 unspecified atom stereocenters. The molecule has 7 nitrogen and oxygen atoms in total. The van der Waals surface area contributed by atoms with Crippen molar-refractivity contribution in [1.29, 1.82) is 0 Å². The van der Waals surface area contributed by atoms with Crippen LogP contribution in [0.4, 0.5) is 10.1 Å². The topological polar surface area (TPSA) is 102 Å². The Balaban J connectivity index is 2.44. The summed E-state index contributed by atoms with van der Waals surface area (Å²) in [6.45, 7) is -0.168. The fourth-order valence-electron chi connectivity index (χ4n) is 1.85. The van der Waals surface area contributed by atoms with Gasteiger partial charge in [-0.25, -0.2) is 9.18 Å². The summed E-state index contributed by atoms with van der Waals surface area (Å²) in [5.74, 6) is -2.18. The molecule has 1 aromatic carbocycles. The maximum Gasteiger partial charge on any atom is 0.341 e. The van der Waals surface area contributed by atoms with Gasteiger partial charge >= 0.3 is 5.97 Å². The van der Waals surface area contributed by atoms with E-state index >= 15 is 0 Å². The van der Waals surface area contributed by atoms with E-state index in [1.165, 1.54) is 12.3 Å². The van der Waals surface area contributed by atoms with Crippen LogP contribution >= 0.6 is 0 Å². The highest BCUT2D eigenvalue weighted by Gasteiger charge is 2.13. The Labute approximate surface area is 117 Å². The molecule has 0 fully saturated rings. The number of halogens is 1. The summed E-state index contributed by atoms with van der Waals surface area (Å²) in [5.41, 5.74) is -1.45. The molecule has 108 valence electrons. The fraction of sp³-hybridized carbons (Fsp3) is 0.0769. The Kier molecular flexibility index (Phi) is 3.79. The second-order valence-electron chi connectivity index (χ2n) is 4.23. The van der Waals surface area contributed by atoms with E-state index in [-0.39, 0.29) is 12.1 Å². The van der Waals surface area contributed by atoms with Crippen LogP contribution in [0, 0.1) is 15.9 Å². The lowest BCUT2D eigenvalue weighted by Crippen LogP contribution is -2.26. The van der Waals surface area contributed by atoms with Crippen molar-refractivity contribution < 1.29 is 19.2 Å². The van der Waals surface area contributed by atoms with E-state index in [4.69, 9.17) is 5.11 Å². The quantitative estimate of drug-likeness (QED) is 0.681. The highest BCUT2D eigenvalue weighted by molar-refractivity contribution is 5.86. The summed E-state index contributed by atoms with van der Waals surface area (Å²) in [7, 11) is 0. The van der Waals surface area contributed by atoms with E-state index in [1.54, 1.807) is 0 Å². The van der Waals surface area contributed by atoms with Gasteiger partial charge in [-0.05, 0) is 23.8 Å². The standard InChI is InChI=1S/C13H9FN2O5/c14-9-4-8(5-10(6-9)16(20)21)7-15-3-1-2-11(12(15)17)13(18)19/h1-6H,7H2,(H,18,19). The highest BCUT2D eigenvalue weighted by Crippen LogP contribution is 2.16. The Morgan fingerprint density at radius 2 is 2.10 bits per heavy atom. The summed E-state index contributed by atoms with van der Waals surface area (Å²) in [6.07, 6.45) is 1.32. The van der Waals surface area contributed by atoms with Crippen LogP contribution in [0.1, 0.15) is 15.9 Å². The monoisotopic (exact) mass is 292 g/mol. The second kappa shape index (κ2) is 5.53. The predicted octanol–water partition coefficient (Wildman–Crippen LogP) is 1.64. The van der Waals surface area contributed by atoms with Crippen LogP contribution in [0.15, 0.2) is 41.3 Å². The van der Waals surface area contributed by atoms with Crippen molar-refractivity contribution in [3.63, 3.8) is 0 Å². The van der Waals surface area contributed by atoms with Crippen LogP contribution in [0.2, 0.25) is 0 Å². The molecule has 0 atom stereocenters. The van der Waals surface area contributed by atoms with Crippen molar-refractivity contribution >= 4 is 11.7 Å². The van der Waals surface area contributed by atoms with E-state index in [9.17, 15) is 24.1 Å². The maximum atomic E-state index is 13.3. The normalized spacial score (nSPS) is 10.3. The van der Waals surface area contributed by atoms with Crippen molar-refractivity contribution in [2.45, 2.75) is 6.54 Å². The van der Waals surface area contributed by atoms with Crippen molar-refractivity contribution in [3.8, 4) is 0 Å². The van der Waals surface area contributed by atoms with Gasteiger partial charge in [0.25, 0.3) is 11.2 Å². The molecule has 0 bridgehead atoms. The molecule has 0 aliphatic heterocycles. The van der Waals surface area contributed by atoms with Gasteiger partial charge in [-0.2, -0.15) is 0 Å². The lowest BCUT2D eigenvalue weighted by molar-refractivity contribution is -0.385. The van der Waals surface area contributed by atoms with E-state index in [0.717, 1.165) is 28.8 Å². The minimum atomic E-state index is -1.38. The first-order chi connectivity index (χ1) is 9.88. The van der Waals surface area contributed by atoms with E-state index in [0.29, 0.717) is 0 Å². The van der Waals surface area contributed by atoms with Crippen LogP contribution in [0.3, 0.4) is 0 Å². The molecule has 1 N–H and O–H groups in total. The molecule has 0 saturated heterocycles. The zero-order valence-corrected chi connectivity index (χ0v) is 10.5. The van der Waals surface area contributed by atoms with Gasteiger partial charge in [0, 0.05) is 12.3 Å². The number of nitrogens with zero attached hydrogens (tertiary/aromatic N) is 2. The number of carbonyl (C=O) groups is 1. The minimum absolute atomic E-state index is 0.168. The van der Waals surface area contributed by atoms with Crippen molar-refractivity contribution in [1.82, 2.24) is 4.57 Å². The lowest BCUT2D eigenvalue weighted by atomic mass is 10.2. The summed E-state index contributed by atoms with van der Waals surface area (Å²) in [5, 5.41) is 19.5. The fourth-order valence-corrected chi connectivity index (χ4v) is 1.85. The Hall–Kier alpha value is -3.03. The molecule has 1 heterocycles. The summed E-state index contributed by atoms with van der Waals surface area (Å²) in [4.78, 5) is 32.6. The third kappa shape index (κ3) is 3.11. The molecule has 21 heavy (non-hydrogen) atoms. The molecule has 0 aliphatic carbocycles. The number of pyridine rings is 1. The molecule has 0 spiro atoms. The largest absolute Gasteiger partial charge is 0.477 e. The molecule has 0 amide bonds. The molecular formula is C13H9FN2O5. The third-order valence-electron chi connectivity index (χ3n) is 2.76. The van der Waals surface area contributed by atoms with Crippen LogP contribution in [-0.4, -0.2) is 20.6 Å². The molecule has 0 saturated carbocycles. The van der Waals surface area contributed by atoms with Gasteiger partial charge in [-0.3, -0.25) is 14.9 Å². The Morgan fingerprint density at radius 3 is 2.71 bits per heavy atom. The Bertz CT molecular complexity index is 784. The smallest absolute Gasteiger partial charge is 0.341 e. The minimum Gasteiger partial charge on any atom is -0.477 e. The first kappa shape index (κ1) is 14.4. The molecule has 0 radical (unpaired) electrons. The number of hydrogen-bond donors (Lipinski definition) is 1. The average Bonchev–Trinajstić information content (AvgIpc) is 2.40. The van der Waals surface area contributed by atoms with Crippen LogP contribution < -0.4 is 5.56 Å². The van der Waals surface area contributed by atoms with Gasteiger partial charge in [-0.15, -0.1) is 0 Å². The lowest BCUT2D eigenvalue weighted by Gasteiger charge is -2.07. The number of carboxylic acid groups (broad SMARTS) is 1. The molecular weight excluding hydrogens is 283 g/mol. The maximum absolute atomic E-state index is 13.3. The molecule has 8 heteroatoms. The van der Waals surface area contributed by atoms with Gasteiger partial charge in [0.2, 0.25) is 0 Å². The Morgan fingerprint density at radius 1 is 1.38 bits per heavy atom. The van der Waals surface area contributed by atoms with Gasteiger partial charge in [0.05, 0.1) is 17.5 Å². The van der Waals surface area contributed by atoms with E-state index < -0.39 is 33.5 Å². The van der Waals surface area contributed by atoms with Gasteiger partial charge < -0.3 is 9.67 Å². The van der Waals surface area contributed by atoms with E-state index in [2.05, 4.69) is 0 Å². The van der Waals surface area contributed by atoms with Crippen LogP contribution in [0.25, 0.3) is 0 Å². The van der Waals surface area contributed by atoms with Gasteiger partial charge in [0.1, 0.15) is 11.4 Å². The van der Waals surface area contributed by atoms with E-state index in [1.807, 2.05) is 0 Å². The van der Waals surface area contributed by atoms with Gasteiger partial charge in [-0.1, -0.05) is 0 Å². The van der Waals surface area contributed by atoms with Crippen molar-refractivity contribution in [2.75, 3.05) is 0 Å². The van der Waals surface area contributed by atoms with Crippen LogP contribution in [-0.2, 0) is 6.54 Å². The molecule has 2 aromatic rings. The van der Waals surface area contributed by atoms with Crippen molar-refractivity contribution in [2.24, 2.45) is 0 Å². The second-order valence-corrected chi connectivity index (χ2v) is 4.23. The number of nitro benzene ring substituents is 1. The summed E-state index contributed by atoms with van der Waals surface area (Å²) in [6, 6.07) is 5.45. The number of aromatic nitrogens is 1. The zero-order chi connectivity index (χ0) is 15.6. The van der Waals surface area contributed by atoms with Gasteiger partial charge in [0.15, 0.2) is 0 Å². The van der Waals surface area contributed by atoms with Crippen LogP contribution in [0.5, 0.6) is 0 Å². The summed E-state index contributed by atoms with van der Waals surface area (Å²) < 4.78 is 14.4. The first-order valence-electron chi connectivity index (χ1n) is 5.75. The number of aromatic carboxylic acids is 1. The zero-order valence-electron chi connectivity index (χ0n) is 10.5. The third-order valence-corrected chi connectivity index (χ3v) is 2.76. The average molecular weight is 292 g/mol. The molecule has 0 aliphatic rings. The highest BCUT2D eigenvalue weighted by atomic mass is 19.1. The number of hydrogen-bond acceptors (Lipinski definition) is 4. The predicted molar refractivity (Wildman–Crippen MR) is 69.8 cm³/mol.